The van der Waals surface area contributed by atoms with Crippen LogP contribution in [0.1, 0.15) is 20.7 Å². The van der Waals surface area contributed by atoms with Crippen molar-refractivity contribution < 1.29 is 19.8 Å². The van der Waals surface area contributed by atoms with Gasteiger partial charge in [0.2, 0.25) is 0 Å². The van der Waals surface area contributed by atoms with Crippen LogP contribution in [0.5, 0.6) is 0 Å². The van der Waals surface area contributed by atoms with Crippen LogP contribution in [-0.2, 0) is 0 Å². The summed E-state index contributed by atoms with van der Waals surface area (Å²) in [5, 5.41) is 16.1. The largest absolute Gasteiger partial charge is 0.478 e. The van der Waals surface area contributed by atoms with E-state index in [4.69, 9.17) is 56.6 Å². The van der Waals surface area contributed by atoms with E-state index in [1.54, 1.807) is 0 Å². The monoisotopic (exact) mass is 319 g/mol. The summed E-state index contributed by atoms with van der Waals surface area (Å²) in [6.45, 7) is 0. The molecule has 0 saturated heterocycles. The molecule has 5 nitrogen and oxygen atoms in total. The van der Waals surface area contributed by atoms with Crippen molar-refractivity contribution in [3.8, 4) is 0 Å². The Labute approximate surface area is 115 Å². The van der Waals surface area contributed by atoms with Gasteiger partial charge in [-0.1, -0.05) is 46.4 Å². The highest BCUT2D eigenvalue weighted by Crippen LogP contribution is 2.41. The minimum Gasteiger partial charge on any atom is -0.478 e. The van der Waals surface area contributed by atoms with Gasteiger partial charge in [-0.25, -0.2) is 9.59 Å². The van der Waals surface area contributed by atoms with Gasteiger partial charge < -0.3 is 16.4 Å². The Balaban J connectivity index is 0.00000256. The predicted molar refractivity (Wildman–Crippen MR) is 65.4 cm³/mol. The van der Waals surface area contributed by atoms with Crippen LogP contribution in [0, 0.1) is 0 Å². The lowest BCUT2D eigenvalue weighted by Crippen LogP contribution is -2.10. The molecule has 0 spiro atoms. The Bertz CT molecular complexity index is 458. The summed E-state index contributed by atoms with van der Waals surface area (Å²) in [7, 11) is 0. The molecule has 5 N–H and O–H groups in total. The van der Waals surface area contributed by atoms with Crippen LogP contribution in [0.25, 0.3) is 0 Å². The van der Waals surface area contributed by atoms with Gasteiger partial charge in [-0.05, 0) is 0 Å². The Morgan fingerprint density at radius 2 is 0.941 bits per heavy atom. The molecule has 0 radical (unpaired) electrons. The zero-order valence-corrected chi connectivity index (χ0v) is 11.0. The average Bonchev–Trinajstić information content (AvgIpc) is 2.18. The molecular weight excluding hydrogens is 316 g/mol. The normalized spacial score (nSPS) is 9.65. The van der Waals surface area contributed by atoms with Crippen LogP contribution in [0.15, 0.2) is 0 Å². The zero-order valence-electron chi connectivity index (χ0n) is 7.93. The molecule has 0 aliphatic rings. The molecule has 0 unspecified atom stereocenters. The zero-order chi connectivity index (χ0) is 12.6. The van der Waals surface area contributed by atoms with Crippen molar-refractivity contribution in [3.63, 3.8) is 0 Å². The van der Waals surface area contributed by atoms with Gasteiger partial charge in [-0.3, -0.25) is 0 Å². The first-order valence-electron chi connectivity index (χ1n) is 3.61. The summed E-state index contributed by atoms with van der Waals surface area (Å²) in [5.41, 5.74) is -1.37. The second kappa shape index (κ2) is 5.75. The minimum absolute atomic E-state index is 0. The standard InChI is InChI=1S/C8H2Cl4O4.H3N/c9-3-1(7(13)14)2(8(15)16)4(10)6(12)5(3)11;/h(H,13,14)(H,15,16);1H3. The Morgan fingerprint density at radius 1 is 0.706 bits per heavy atom. The highest BCUT2D eigenvalue weighted by Gasteiger charge is 2.28. The quantitative estimate of drug-likeness (QED) is 0.566. The van der Waals surface area contributed by atoms with Crippen LogP contribution in [0.3, 0.4) is 0 Å². The fraction of sp³-hybridized carbons (Fsp3) is 0. The third-order valence-electron chi connectivity index (χ3n) is 1.69. The molecule has 0 saturated carbocycles. The maximum atomic E-state index is 10.9. The summed E-state index contributed by atoms with van der Waals surface area (Å²) in [6.07, 6.45) is 0. The fourth-order valence-corrected chi connectivity index (χ4v) is 2.05. The van der Waals surface area contributed by atoms with E-state index in [2.05, 4.69) is 0 Å². The lowest BCUT2D eigenvalue weighted by molar-refractivity contribution is 0.0652. The van der Waals surface area contributed by atoms with E-state index in [0.717, 1.165) is 0 Å². The summed E-state index contributed by atoms with van der Waals surface area (Å²) >= 11 is 22.4. The second-order valence-electron chi connectivity index (χ2n) is 2.62. The van der Waals surface area contributed by atoms with Crippen molar-refractivity contribution in [2.45, 2.75) is 0 Å². The molecule has 0 fully saturated rings. The van der Waals surface area contributed by atoms with Gasteiger partial charge in [0.25, 0.3) is 0 Å². The van der Waals surface area contributed by atoms with Crippen molar-refractivity contribution in [2.24, 2.45) is 0 Å². The van der Waals surface area contributed by atoms with Gasteiger partial charge in [0.1, 0.15) is 0 Å². The number of aromatic carboxylic acids is 2. The Morgan fingerprint density at radius 3 is 1.12 bits per heavy atom. The predicted octanol–water partition coefficient (Wildman–Crippen LogP) is 3.86. The molecule has 17 heavy (non-hydrogen) atoms. The molecule has 0 atom stereocenters. The lowest BCUT2D eigenvalue weighted by atomic mass is 10.1. The maximum absolute atomic E-state index is 10.9. The number of hydrogen-bond donors (Lipinski definition) is 3. The van der Waals surface area contributed by atoms with Crippen molar-refractivity contribution >= 4 is 58.3 Å². The first-order valence-corrected chi connectivity index (χ1v) is 5.12. The summed E-state index contributed by atoms with van der Waals surface area (Å²) < 4.78 is 0. The van der Waals surface area contributed by atoms with Crippen molar-refractivity contribution in [2.75, 3.05) is 0 Å². The van der Waals surface area contributed by atoms with Crippen molar-refractivity contribution in [3.05, 3.63) is 31.2 Å². The molecule has 0 amide bonds. The number of halogens is 4. The average molecular weight is 321 g/mol. The number of benzene rings is 1. The topological polar surface area (TPSA) is 110 Å². The lowest BCUT2D eigenvalue weighted by Gasteiger charge is -2.10. The minimum atomic E-state index is -1.55. The van der Waals surface area contributed by atoms with E-state index in [-0.39, 0.29) is 16.2 Å². The molecule has 0 aromatic heterocycles. The molecule has 9 heteroatoms. The second-order valence-corrected chi connectivity index (χ2v) is 4.13. The highest BCUT2D eigenvalue weighted by molar-refractivity contribution is 6.53. The van der Waals surface area contributed by atoms with Crippen LogP contribution < -0.4 is 6.15 Å². The third kappa shape index (κ3) is 2.75. The molecule has 0 bridgehead atoms. The first kappa shape index (κ1) is 16.3. The van der Waals surface area contributed by atoms with E-state index in [1.807, 2.05) is 0 Å². The van der Waals surface area contributed by atoms with E-state index < -0.39 is 33.1 Å². The SMILES string of the molecule is N.O=C(O)c1c(Cl)c(Cl)c(Cl)c(Cl)c1C(=O)O. The van der Waals surface area contributed by atoms with E-state index in [0.29, 0.717) is 0 Å². The molecule has 1 aromatic rings. The van der Waals surface area contributed by atoms with Gasteiger partial charge in [-0.15, -0.1) is 0 Å². The Hall–Kier alpha value is -0.720. The maximum Gasteiger partial charge on any atom is 0.338 e. The van der Waals surface area contributed by atoms with Gasteiger partial charge in [-0.2, -0.15) is 0 Å². The van der Waals surface area contributed by atoms with Gasteiger partial charge in [0.15, 0.2) is 0 Å². The van der Waals surface area contributed by atoms with Crippen molar-refractivity contribution in [1.82, 2.24) is 6.15 Å². The first-order chi connectivity index (χ1) is 7.29. The van der Waals surface area contributed by atoms with Crippen LogP contribution in [0.2, 0.25) is 20.1 Å². The highest BCUT2D eigenvalue weighted by atomic mass is 35.5. The van der Waals surface area contributed by atoms with Gasteiger partial charge in [0.05, 0.1) is 31.2 Å². The van der Waals surface area contributed by atoms with E-state index >= 15 is 0 Å². The number of carboxylic acids is 2. The number of hydrogen-bond acceptors (Lipinski definition) is 3. The smallest absolute Gasteiger partial charge is 0.338 e. The van der Waals surface area contributed by atoms with Gasteiger partial charge in [0, 0.05) is 0 Å². The molecule has 94 valence electrons. The van der Waals surface area contributed by atoms with E-state index in [1.165, 1.54) is 0 Å². The molecule has 0 heterocycles. The molecule has 0 aliphatic heterocycles. The Kier molecular flexibility index (Phi) is 5.51. The van der Waals surface area contributed by atoms with Crippen LogP contribution >= 0.6 is 46.4 Å². The molecule has 1 aromatic carbocycles. The van der Waals surface area contributed by atoms with Crippen LogP contribution in [-0.4, -0.2) is 22.2 Å². The summed E-state index contributed by atoms with van der Waals surface area (Å²) in [6, 6.07) is 0. The summed E-state index contributed by atoms with van der Waals surface area (Å²) in [4.78, 5) is 21.7. The number of carbonyl (C=O) groups is 2. The van der Waals surface area contributed by atoms with Crippen LogP contribution in [0.4, 0.5) is 0 Å². The summed E-state index contributed by atoms with van der Waals surface area (Å²) in [5.74, 6) is -3.11. The fourth-order valence-electron chi connectivity index (χ4n) is 1.03. The number of carboxylic acid groups (broad SMARTS) is 2. The molecule has 0 aliphatic carbocycles. The van der Waals surface area contributed by atoms with Gasteiger partial charge >= 0.3 is 11.9 Å². The number of rotatable bonds is 2. The molecule has 1 rings (SSSR count). The van der Waals surface area contributed by atoms with E-state index in [9.17, 15) is 9.59 Å². The molecular formula is C8H5Cl4NO4. The third-order valence-corrected chi connectivity index (χ3v) is 3.50. The van der Waals surface area contributed by atoms with Crippen molar-refractivity contribution in [1.29, 1.82) is 0 Å².